The van der Waals surface area contributed by atoms with E-state index >= 15 is 0 Å². The molecule has 4 aliphatic carbocycles. The predicted molar refractivity (Wildman–Crippen MR) is 185 cm³/mol. The number of fused-ring (bicyclic) bond motifs is 2. The van der Waals surface area contributed by atoms with Gasteiger partial charge in [0.15, 0.2) is 0 Å². The summed E-state index contributed by atoms with van der Waals surface area (Å²) in [6.45, 7) is 30.8. The van der Waals surface area contributed by atoms with E-state index in [2.05, 4.69) is 146 Å². The topological polar surface area (TPSA) is 52.6 Å². The van der Waals surface area contributed by atoms with Crippen LogP contribution in [0.15, 0.2) is 59.8 Å². The fraction of sp³-hybridized carbons (Fsp3) is 0.707. The van der Waals surface area contributed by atoms with Crippen molar-refractivity contribution in [2.75, 3.05) is 0 Å². The average molecular weight is 619 g/mol. The summed E-state index contributed by atoms with van der Waals surface area (Å²) in [5.74, 6) is -0.454. The number of hydrogen-bond acceptors (Lipinski definition) is 4. The highest BCUT2D eigenvalue weighted by molar-refractivity contribution is 5.86. The summed E-state index contributed by atoms with van der Waals surface area (Å²) in [5, 5.41) is 0. The number of ether oxygens (including phenoxy) is 2. The van der Waals surface area contributed by atoms with Crippen LogP contribution in [-0.2, 0) is 19.1 Å². The maximum atomic E-state index is 14.7. The number of allylic oxidation sites excluding steroid dienone is 6. The molecule has 0 aromatic heterocycles. The summed E-state index contributed by atoms with van der Waals surface area (Å²) < 4.78 is 13.7. The van der Waals surface area contributed by atoms with E-state index in [9.17, 15) is 9.59 Å². The predicted octanol–water partition coefficient (Wildman–Crippen LogP) is 9.79. The van der Waals surface area contributed by atoms with Gasteiger partial charge in [0.1, 0.15) is 11.2 Å². The van der Waals surface area contributed by atoms with Crippen molar-refractivity contribution >= 4 is 11.9 Å². The van der Waals surface area contributed by atoms with Crippen LogP contribution >= 0.6 is 0 Å². The number of carbonyl (C=O) groups excluding carboxylic acids is 2. The van der Waals surface area contributed by atoms with Gasteiger partial charge >= 0.3 is 11.9 Å². The summed E-state index contributed by atoms with van der Waals surface area (Å²) in [7, 11) is 0. The summed E-state index contributed by atoms with van der Waals surface area (Å²) in [5.41, 5.74) is 0.808. The number of hydrogen-bond donors (Lipinski definition) is 0. The molecule has 0 radical (unpaired) electrons. The molecule has 1 fully saturated rings. The standard InChI is InChI=1S/C41H62O4/c1-23(2)29-17-15-21-40(27(9)10,35(29)25(5)6)44-37(42)33-31-19-20-32(39(31,13)14)34(33)38(43)45-41(28(11)12)22-16-18-30(24(3)4)36(41)26(7)8/h15-28,31-36H,1-14H3. The van der Waals surface area contributed by atoms with E-state index in [1.165, 1.54) is 11.1 Å². The van der Waals surface area contributed by atoms with Crippen LogP contribution in [0.5, 0.6) is 0 Å². The first-order valence-corrected chi connectivity index (χ1v) is 17.8. The van der Waals surface area contributed by atoms with Crippen LogP contribution in [0.3, 0.4) is 0 Å². The molecule has 0 saturated heterocycles. The minimum atomic E-state index is -0.783. The highest BCUT2D eigenvalue weighted by Gasteiger charge is 2.64. The molecule has 4 rings (SSSR count). The van der Waals surface area contributed by atoms with E-state index in [1.54, 1.807) is 0 Å². The summed E-state index contributed by atoms with van der Waals surface area (Å²) >= 11 is 0. The van der Waals surface area contributed by atoms with Crippen molar-refractivity contribution in [2.45, 2.75) is 108 Å². The summed E-state index contributed by atoms with van der Waals surface area (Å²) in [4.78, 5) is 29.5. The lowest BCUT2D eigenvalue weighted by Crippen LogP contribution is -2.53. The molecule has 45 heavy (non-hydrogen) atoms. The van der Waals surface area contributed by atoms with E-state index in [0.717, 1.165) is 0 Å². The number of carbonyl (C=O) groups is 2. The normalized spacial score (nSPS) is 35.3. The smallest absolute Gasteiger partial charge is 0.311 e. The monoisotopic (exact) mass is 618 g/mol. The molecule has 4 nitrogen and oxygen atoms in total. The average Bonchev–Trinajstić information content (AvgIpc) is 3.36. The third kappa shape index (κ3) is 5.75. The van der Waals surface area contributed by atoms with Crippen LogP contribution in [0.2, 0.25) is 0 Å². The van der Waals surface area contributed by atoms with Crippen LogP contribution in [0.4, 0.5) is 0 Å². The van der Waals surface area contributed by atoms with Crippen molar-refractivity contribution in [1.82, 2.24) is 0 Å². The van der Waals surface area contributed by atoms with Gasteiger partial charge in [-0.1, -0.05) is 145 Å². The molecule has 0 heterocycles. The summed E-state index contributed by atoms with van der Waals surface area (Å²) in [6, 6.07) is 0. The lowest BCUT2D eigenvalue weighted by molar-refractivity contribution is -0.184. The first kappa shape index (κ1) is 35.5. The van der Waals surface area contributed by atoms with Crippen molar-refractivity contribution in [3.05, 3.63) is 59.8 Å². The number of rotatable bonds is 10. The Kier molecular flexibility index (Phi) is 10.0. The maximum Gasteiger partial charge on any atom is 0.311 e. The molecule has 0 amide bonds. The Balaban J connectivity index is 1.75. The van der Waals surface area contributed by atoms with Gasteiger partial charge in [-0.15, -0.1) is 0 Å². The minimum Gasteiger partial charge on any atom is -0.454 e. The molecule has 8 unspecified atom stereocenters. The molecular formula is C41H62O4. The molecule has 2 bridgehead atoms. The quantitative estimate of drug-likeness (QED) is 0.181. The Morgan fingerprint density at radius 2 is 0.933 bits per heavy atom. The van der Waals surface area contributed by atoms with Crippen molar-refractivity contribution in [3.8, 4) is 0 Å². The van der Waals surface area contributed by atoms with Crippen LogP contribution in [0.25, 0.3) is 0 Å². The fourth-order valence-corrected chi connectivity index (χ4v) is 9.64. The van der Waals surface area contributed by atoms with Crippen LogP contribution in [0, 0.1) is 76.4 Å². The van der Waals surface area contributed by atoms with Gasteiger partial charge in [0.05, 0.1) is 11.8 Å². The lowest BCUT2D eigenvalue weighted by atomic mass is 9.64. The van der Waals surface area contributed by atoms with E-state index in [1.807, 2.05) is 0 Å². The van der Waals surface area contributed by atoms with Gasteiger partial charge in [0.25, 0.3) is 0 Å². The first-order chi connectivity index (χ1) is 20.8. The van der Waals surface area contributed by atoms with E-state index in [-0.39, 0.29) is 64.7 Å². The third-order valence-electron chi connectivity index (χ3n) is 12.0. The molecule has 8 atom stereocenters. The molecule has 0 aliphatic heterocycles. The zero-order valence-corrected chi connectivity index (χ0v) is 30.7. The van der Waals surface area contributed by atoms with Crippen LogP contribution in [0.1, 0.15) is 96.9 Å². The maximum absolute atomic E-state index is 14.7. The van der Waals surface area contributed by atoms with Gasteiger partial charge < -0.3 is 9.47 Å². The molecule has 250 valence electrons. The van der Waals surface area contributed by atoms with Crippen molar-refractivity contribution in [3.63, 3.8) is 0 Å². The highest BCUT2D eigenvalue weighted by atomic mass is 16.6. The van der Waals surface area contributed by atoms with Crippen molar-refractivity contribution in [1.29, 1.82) is 0 Å². The Morgan fingerprint density at radius 1 is 0.600 bits per heavy atom. The zero-order chi connectivity index (χ0) is 33.8. The van der Waals surface area contributed by atoms with E-state index < -0.39 is 23.0 Å². The molecule has 0 spiro atoms. The highest BCUT2D eigenvalue weighted by Crippen LogP contribution is 2.61. The minimum absolute atomic E-state index is 0.0589. The molecular weight excluding hydrogens is 556 g/mol. The molecule has 0 N–H and O–H groups in total. The van der Waals surface area contributed by atoms with Crippen molar-refractivity contribution < 1.29 is 19.1 Å². The Morgan fingerprint density at radius 3 is 1.20 bits per heavy atom. The second-order valence-corrected chi connectivity index (χ2v) is 17.0. The molecule has 4 aliphatic rings. The van der Waals surface area contributed by atoms with Gasteiger partial charge in [0, 0.05) is 11.8 Å². The second kappa shape index (κ2) is 12.7. The number of esters is 2. The SMILES string of the molecule is CC(C)C1=CC=CC(OC(=O)C2C(C(=O)OC3(C(C)C)C=CC=C(C(C)C)C3C(C)C)C3C=CC2C3(C)C)(C(C)C)C1C(C)C. The second-order valence-electron chi connectivity index (χ2n) is 17.0. The molecule has 0 aromatic rings. The first-order valence-electron chi connectivity index (χ1n) is 17.8. The Labute approximate surface area is 274 Å². The largest absolute Gasteiger partial charge is 0.454 e. The summed E-state index contributed by atoms with van der Waals surface area (Å²) in [6.07, 6.45) is 17.1. The molecule has 4 heteroatoms. The van der Waals surface area contributed by atoms with Gasteiger partial charge in [-0.05, 0) is 64.9 Å². The molecule has 0 aromatic carbocycles. The van der Waals surface area contributed by atoms with Crippen LogP contribution < -0.4 is 0 Å². The third-order valence-corrected chi connectivity index (χ3v) is 12.0. The fourth-order valence-electron chi connectivity index (χ4n) is 9.64. The molecule has 1 saturated carbocycles. The van der Waals surface area contributed by atoms with Gasteiger partial charge in [-0.25, -0.2) is 0 Å². The van der Waals surface area contributed by atoms with Crippen LogP contribution in [-0.4, -0.2) is 23.1 Å². The zero-order valence-electron chi connectivity index (χ0n) is 30.7. The van der Waals surface area contributed by atoms with Crippen molar-refractivity contribution in [2.24, 2.45) is 76.4 Å². The van der Waals surface area contributed by atoms with Gasteiger partial charge in [0.2, 0.25) is 0 Å². The van der Waals surface area contributed by atoms with Gasteiger partial charge in [-0.3, -0.25) is 9.59 Å². The Hall–Kier alpha value is -2.36. The van der Waals surface area contributed by atoms with Gasteiger partial charge in [-0.2, -0.15) is 0 Å². The Bertz CT molecular complexity index is 1190. The lowest BCUT2D eigenvalue weighted by Gasteiger charge is -2.48. The van der Waals surface area contributed by atoms with E-state index in [4.69, 9.17) is 9.47 Å². The van der Waals surface area contributed by atoms with E-state index in [0.29, 0.717) is 11.8 Å².